The third-order valence-corrected chi connectivity index (χ3v) is 2.55. The van der Waals surface area contributed by atoms with Crippen LogP contribution in [0.3, 0.4) is 0 Å². The third-order valence-electron chi connectivity index (χ3n) is 2.55. The van der Waals surface area contributed by atoms with Crippen molar-refractivity contribution in [1.82, 2.24) is 10.6 Å². The normalized spacial score (nSPS) is 20.3. The first-order chi connectivity index (χ1) is 7.27. The molecule has 1 saturated heterocycles. The van der Waals surface area contributed by atoms with E-state index < -0.39 is 0 Å². The molecular weight excluding hydrogens is 195 g/mol. The standard InChI is InChI=1S/C11H13FN2O/c12-9-4-2-1-3-8(9)7-14-10-5-6-13-11(10)15/h1-4,10,14H,5-7H2,(H,13,15). The van der Waals surface area contributed by atoms with Gasteiger partial charge in [-0.3, -0.25) is 4.79 Å². The summed E-state index contributed by atoms with van der Waals surface area (Å²) >= 11 is 0. The molecule has 0 aliphatic carbocycles. The van der Waals surface area contributed by atoms with Gasteiger partial charge in [-0.1, -0.05) is 18.2 Å². The van der Waals surface area contributed by atoms with Crippen LogP contribution >= 0.6 is 0 Å². The molecule has 1 aliphatic rings. The molecule has 0 saturated carbocycles. The molecule has 1 heterocycles. The quantitative estimate of drug-likeness (QED) is 0.771. The predicted molar refractivity (Wildman–Crippen MR) is 54.7 cm³/mol. The molecule has 1 fully saturated rings. The summed E-state index contributed by atoms with van der Waals surface area (Å²) in [5.74, 6) is -0.227. The Morgan fingerprint density at radius 3 is 2.93 bits per heavy atom. The van der Waals surface area contributed by atoms with Crippen molar-refractivity contribution in [3.05, 3.63) is 35.6 Å². The van der Waals surface area contributed by atoms with Crippen molar-refractivity contribution in [2.45, 2.75) is 19.0 Å². The van der Waals surface area contributed by atoms with E-state index in [0.717, 1.165) is 6.42 Å². The van der Waals surface area contributed by atoms with E-state index in [9.17, 15) is 9.18 Å². The molecule has 0 radical (unpaired) electrons. The van der Waals surface area contributed by atoms with Crippen molar-refractivity contribution in [1.29, 1.82) is 0 Å². The monoisotopic (exact) mass is 208 g/mol. The fourth-order valence-corrected chi connectivity index (χ4v) is 1.66. The molecule has 0 spiro atoms. The highest BCUT2D eigenvalue weighted by atomic mass is 19.1. The van der Waals surface area contributed by atoms with Crippen LogP contribution in [0.4, 0.5) is 4.39 Å². The van der Waals surface area contributed by atoms with Crippen LogP contribution in [-0.4, -0.2) is 18.5 Å². The Kier molecular flexibility index (Phi) is 2.97. The summed E-state index contributed by atoms with van der Waals surface area (Å²) in [4.78, 5) is 11.2. The SMILES string of the molecule is O=C1NCCC1NCc1ccccc1F. The van der Waals surface area contributed by atoms with Crippen LogP contribution < -0.4 is 10.6 Å². The number of amides is 1. The summed E-state index contributed by atoms with van der Waals surface area (Å²) in [5.41, 5.74) is 0.595. The Morgan fingerprint density at radius 2 is 2.27 bits per heavy atom. The zero-order valence-electron chi connectivity index (χ0n) is 8.29. The van der Waals surface area contributed by atoms with Crippen molar-refractivity contribution >= 4 is 5.91 Å². The average Bonchev–Trinajstić information content (AvgIpc) is 2.63. The Morgan fingerprint density at radius 1 is 1.47 bits per heavy atom. The fourth-order valence-electron chi connectivity index (χ4n) is 1.66. The lowest BCUT2D eigenvalue weighted by Crippen LogP contribution is -2.35. The maximum Gasteiger partial charge on any atom is 0.237 e. The maximum atomic E-state index is 13.2. The minimum atomic E-state index is -0.233. The molecular formula is C11H13FN2O. The topological polar surface area (TPSA) is 41.1 Å². The molecule has 1 amide bonds. The first-order valence-electron chi connectivity index (χ1n) is 5.02. The van der Waals surface area contributed by atoms with E-state index in [-0.39, 0.29) is 17.8 Å². The summed E-state index contributed by atoms with van der Waals surface area (Å²) in [7, 11) is 0. The van der Waals surface area contributed by atoms with E-state index in [4.69, 9.17) is 0 Å². The van der Waals surface area contributed by atoms with Crippen molar-refractivity contribution in [2.24, 2.45) is 0 Å². The number of carbonyl (C=O) groups excluding carboxylic acids is 1. The lowest BCUT2D eigenvalue weighted by atomic mass is 10.2. The molecule has 1 atom stereocenters. The summed E-state index contributed by atoms with van der Waals surface area (Å²) in [5, 5.41) is 5.76. The number of halogens is 1. The van der Waals surface area contributed by atoms with Crippen molar-refractivity contribution in [2.75, 3.05) is 6.54 Å². The number of nitrogens with one attached hydrogen (secondary N) is 2. The highest BCUT2D eigenvalue weighted by molar-refractivity contribution is 5.83. The highest BCUT2D eigenvalue weighted by Gasteiger charge is 2.23. The van der Waals surface area contributed by atoms with E-state index in [1.807, 2.05) is 0 Å². The van der Waals surface area contributed by atoms with Gasteiger partial charge in [0.2, 0.25) is 5.91 Å². The molecule has 1 aliphatic heterocycles. The molecule has 0 aromatic heterocycles. The van der Waals surface area contributed by atoms with Gasteiger partial charge >= 0.3 is 0 Å². The number of carbonyl (C=O) groups is 1. The van der Waals surface area contributed by atoms with Crippen LogP contribution in [0.1, 0.15) is 12.0 Å². The van der Waals surface area contributed by atoms with Gasteiger partial charge in [0.1, 0.15) is 5.82 Å². The van der Waals surface area contributed by atoms with E-state index in [1.54, 1.807) is 18.2 Å². The second kappa shape index (κ2) is 4.40. The fraction of sp³-hybridized carbons (Fsp3) is 0.364. The molecule has 1 aromatic rings. The summed E-state index contributed by atoms with van der Waals surface area (Å²) in [6.45, 7) is 1.10. The molecule has 1 aromatic carbocycles. The Balaban J connectivity index is 1.93. The van der Waals surface area contributed by atoms with Crippen molar-refractivity contribution in [3.63, 3.8) is 0 Å². The highest BCUT2D eigenvalue weighted by Crippen LogP contribution is 2.07. The summed E-state index contributed by atoms with van der Waals surface area (Å²) in [6, 6.07) is 6.40. The van der Waals surface area contributed by atoms with Gasteiger partial charge in [-0.15, -0.1) is 0 Å². The van der Waals surface area contributed by atoms with Crippen molar-refractivity contribution in [3.8, 4) is 0 Å². The molecule has 80 valence electrons. The molecule has 3 nitrogen and oxygen atoms in total. The maximum absolute atomic E-state index is 13.2. The van der Waals surface area contributed by atoms with E-state index in [2.05, 4.69) is 10.6 Å². The summed E-state index contributed by atoms with van der Waals surface area (Å²) < 4.78 is 13.2. The van der Waals surface area contributed by atoms with Crippen LogP contribution in [0.5, 0.6) is 0 Å². The number of benzene rings is 1. The van der Waals surface area contributed by atoms with E-state index in [0.29, 0.717) is 18.7 Å². The molecule has 1 unspecified atom stereocenters. The lowest BCUT2D eigenvalue weighted by Gasteiger charge is -2.09. The van der Waals surface area contributed by atoms with Crippen LogP contribution in [0.15, 0.2) is 24.3 Å². The van der Waals surface area contributed by atoms with Gasteiger partial charge in [0.05, 0.1) is 6.04 Å². The van der Waals surface area contributed by atoms with Crippen LogP contribution in [0.25, 0.3) is 0 Å². The first kappa shape index (κ1) is 10.1. The molecule has 4 heteroatoms. The minimum Gasteiger partial charge on any atom is -0.355 e. The number of hydrogen-bond acceptors (Lipinski definition) is 2. The van der Waals surface area contributed by atoms with Gasteiger partial charge in [0, 0.05) is 18.7 Å². The smallest absolute Gasteiger partial charge is 0.237 e. The first-order valence-corrected chi connectivity index (χ1v) is 5.02. The molecule has 2 rings (SSSR count). The Hall–Kier alpha value is -1.42. The molecule has 15 heavy (non-hydrogen) atoms. The average molecular weight is 208 g/mol. The largest absolute Gasteiger partial charge is 0.355 e. The third kappa shape index (κ3) is 2.33. The van der Waals surface area contributed by atoms with Crippen molar-refractivity contribution < 1.29 is 9.18 Å². The van der Waals surface area contributed by atoms with E-state index in [1.165, 1.54) is 6.07 Å². The van der Waals surface area contributed by atoms with Gasteiger partial charge in [-0.2, -0.15) is 0 Å². The van der Waals surface area contributed by atoms with Crippen LogP contribution in [0, 0.1) is 5.82 Å². The predicted octanol–water partition coefficient (Wildman–Crippen LogP) is 0.804. The lowest BCUT2D eigenvalue weighted by molar-refractivity contribution is -0.120. The molecule has 2 N–H and O–H groups in total. The second-order valence-electron chi connectivity index (χ2n) is 3.60. The van der Waals surface area contributed by atoms with E-state index >= 15 is 0 Å². The van der Waals surface area contributed by atoms with Crippen LogP contribution in [0.2, 0.25) is 0 Å². The zero-order valence-corrected chi connectivity index (χ0v) is 8.29. The molecule has 0 bridgehead atoms. The van der Waals surface area contributed by atoms with Gasteiger partial charge in [-0.25, -0.2) is 4.39 Å². The van der Waals surface area contributed by atoms with Gasteiger partial charge in [0.15, 0.2) is 0 Å². The van der Waals surface area contributed by atoms with Gasteiger partial charge in [-0.05, 0) is 12.5 Å². The second-order valence-corrected chi connectivity index (χ2v) is 3.60. The number of hydrogen-bond donors (Lipinski definition) is 2. The zero-order chi connectivity index (χ0) is 10.7. The summed E-state index contributed by atoms with van der Waals surface area (Å²) in [6.07, 6.45) is 0.771. The Bertz CT molecular complexity index is 367. The van der Waals surface area contributed by atoms with Gasteiger partial charge in [0.25, 0.3) is 0 Å². The van der Waals surface area contributed by atoms with Gasteiger partial charge < -0.3 is 10.6 Å². The minimum absolute atomic E-state index is 0.00587. The number of rotatable bonds is 3. The van der Waals surface area contributed by atoms with Crippen LogP contribution in [-0.2, 0) is 11.3 Å². The Labute approximate surface area is 87.7 Å².